The molecule has 2 saturated carbocycles. The maximum absolute atomic E-state index is 12.9. The molecule has 12 nitrogen and oxygen atoms in total. The second kappa shape index (κ2) is 28.3. The monoisotopic (exact) mass is 923 g/mol. The van der Waals surface area contributed by atoms with Crippen molar-refractivity contribution in [2.45, 2.75) is 270 Å². The number of likely N-dealkylation sites (tertiary alicyclic amines) is 6. The summed E-state index contributed by atoms with van der Waals surface area (Å²) < 4.78 is 12.9. The van der Waals surface area contributed by atoms with Gasteiger partial charge >= 0.3 is 0 Å². The van der Waals surface area contributed by atoms with Crippen molar-refractivity contribution in [1.82, 2.24) is 29.4 Å². The Morgan fingerprint density at radius 2 is 0.769 bits per heavy atom. The van der Waals surface area contributed by atoms with Gasteiger partial charge in [-0.1, -0.05) is 0 Å². The Labute approximate surface area is 401 Å². The van der Waals surface area contributed by atoms with Gasteiger partial charge in [0.25, 0.3) is 0 Å². The molecule has 8 fully saturated rings. The second-order valence-corrected chi connectivity index (χ2v) is 23.6. The Morgan fingerprint density at radius 1 is 0.385 bits per heavy atom. The minimum absolute atomic E-state index is 0.0288. The fourth-order valence-corrected chi connectivity index (χ4v) is 12.2. The lowest BCUT2D eigenvalue weighted by atomic mass is 9.99. The van der Waals surface area contributed by atoms with Crippen LogP contribution in [0.2, 0.25) is 0 Å². The maximum Gasteiger partial charge on any atom is 0.114 e. The number of hydrogen-bond acceptors (Lipinski definition) is 12. The van der Waals surface area contributed by atoms with Crippen molar-refractivity contribution in [3.05, 3.63) is 0 Å². The van der Waals surface area contributed by atoms with E-state index in [2.05, 4.69) is 126 Å². The summed E-state index contributed by atoms with van der Waals surface area (Å²) in [7, 11) is 0. The third kappa shape index (κ3) is 18.6. The molecule has 0 radical (unpaired) electrons. The summed E-state index contributed by atoms with van der Waals surface area (Å²) in [6, 6.07) is 8.89. The number of halogens is 1. The van der Waals surface area contributed by atoms with E-state index in [4.69, 9.17) is 34.4 Å². The van der Waals surface area contributed by atoms with Crippen molar-refractivity contribution in [2.75, 3.05) is 52.4 Å². The van der Waals surface area contributed by atoms with Gasteiger partial charge in [0.2, 0.25) is 0 Å². The third-order valence-electron chi connectivity index (χ3n) is 16.4. The number of fused-ring (bicyclic) bond motifs is 4. The highest BCUT2D eigenvalue weighted by atomic mass is 19.1. The van der Waals surface area contributed by atoms with Gasteiger partial charge in [-0.15, -0.1) is 0 Å². The highest BCUT2D eigenvalue weighted by Crippen LogP contribution is 2.38. The van der Waals surface area contributed by atoms with Crippen LogP contribution in [0.4, 0.5) is 4.39 Å². The van der Waals surface area contributed by atoms with Crippen molar-refractivity contribution in [1.29, 1.82) is 0 Å². The van der Waals surface area contributed by atoms with Crippen molar-refractivity contribution < 1.29 is 4.39 Å². The van der Waals surface area contributed by atoms with Crippen LogP contribution < -0.4 is 34.4 Å². The molecule has 386 valence electrons. The Morgan fingerprint density at radius 3 is 1.03 bits per heavy atom. The van der Waals surface area contributed by atoms with Gasteiger partial charge in [0.15, 0.2) is 0 Å². The summed E-state index contributed by atoms with van der Waals surface area (Å²) in [5.74, 6) is 1.62. The molecule has 8 rings (SSSR count). The molecular formula is C52H111FN12. The summed E-state index contributed by atoms with van der Waals surface area (Å²) in [4.78, 5) is 14.7. The first kappa shape index (κ1) is 58.8. The van der Waals surface area contributed by atoms with Gasteiger partial charge in [0, 0.05) is 142 Å². The average Bonchev–Trinajstić information content (AvgIpc) is 3.98. The van der Waals surface area contributed by atoms with Crippen molar-refractivity contribution >= 4 is 0 Å². The molecule has 12 N–H and O–H groups in total. The molecule has 0 aromatic rings. The average molecular weight is 924 g/mol. The van der Waals surface area contributed by atoms with Crippen LogP contribution in [-0.2, 0) is 0 Å². The zero-order chi connectivity index (χ0) is 48.9. The molecular weight excluding hydrogens is 812 g/mol. The van der Waals surface area contributed by atoms with E-state index in [1.54, 1.807) is 0 Å². The Hall–Kier alpha value is -0.550. The van der Waals surface area contributed by atoms with E-state index in [9.17, 15) is 4.39 Å². The summed E-state index contributed by atoms with van der Waals surface area (Å²) in [6.07, 6.45) is 12.6. The minimum Gasteiger partial charge on any atom is -0.327 e. The standard InChI is InChI=1S/2C9H18N2.2C9H20N2.C8H17FN2.C8H18N2/c2*1-6(2)11-5-7-3-4-8(11)9(7)10;2*1-7(2)11-6-9(10)5-4-8(11)3;1-6(2)11-4-7(9)3-8(10)5-11;1-7(2)10-5-3-4-8(9)6-10/h2*6-9H,3-5,10H2,1-2H3;2*7-9H,4-6,10H2,1-3H3;6-8H,3-5,10H2,1-2H3;7-8H,3-6,9H2,1-2H3/t2*7-,8-,9-;2*8-,9+;7-,8-;8-/m101011/s1. The summed E-state index contributed by atoms with van der Waals surface area (Å²) in [5.41, 5.74) is 35.4. The van der Waals surface area contributed by atoms with Gasteiger partial charge in [0.05, 0.1) is 0 Å². The lowest BCUT2D eigenvalue weighted by Crippen LogP contribution is -2.50. The molecule has 65 heavy (non-hydrogen) atoms. The number of alkyl halides is 1. The number of nitrogens with zero attached hydrogens (tertiary/aromatic N) is 6. The van der Waals surface area contributed by atoms with Crippen LogP contribution in [-0.4, -0.2) is 185 Å². The first-order valence-corrected chi connectivity index (χ1v) is 27.1. The summed E-state index contributed by atoms with van der Waals surface area (Å²) >= 11 is 0. The van der Waals surface area contributed by atoms with Crippen molar-refractivity contribution in [2.24, 2.45) is 46.2 Å². The number of nitrogens with two attached hydrogens (primary N) is 6. The topological polar surface area (TPSA) is 176 Å². The van der Waals surface area contributed by atoms with E-state index in [0.717, 1.165) is 50.1 Å². The number of rotatable bonds is 6. The molecule has 6 heterocycles. The highest BCUT2D eigenvalue weighted by molar-refractivity contribution is 5.03. The van der Waals surface area contributed by atoms with Gasteiger partial charge in [-0.05, 0) is 186 Å². The van der Waals surface area contributed by atoms with E-state index in [1.807, 2.05) is 0 Å². The van der Waals surface area contributed by atoms with E-state index in [-0.39, 0.29) is 6.04 Å². The molecule has 0 spiro atoms. The smallest absolute Gasteiger partial charge is 0.114 e. The third-order valence-corrected chi connectivity index (χ3v) is 16.4. The second-order valence-electron chi connectivity index (χ2n) is 23.6. The zero-order valence-electron chi connectivity index (χ0n) is 44.9. The van der Waals surface area contributed by atoms with Crippen LogP contribution >= 0.6 is 0 Å². The number of hydrogen-bond donors (Lipinski definition) is 6. The lowest BCUT2D eigenvalue weighted by Gasteiger charge is -2.39. The molecule has 4 bridgehead atoms. The van der Waals surface area contributed by atoms with Gasteiger partial charge in [-0.25, -0.2) is 4.39 Å². The molecule has 6 saturated heterocycles. The molecule has 13 heteroatoms. The lowest BCUT2D eigenvalue weighted by molar-refractivity contribution is 0.0987. The van der Waals surface area contributed by atoms with E-state index >= 15 is 0 Å². The van der Waals surface area contributed by atoms with Crippen LogP contribution in [0.15, 0.2) is 0 Å². The van der Waals surface area contributed by atoms with Crippen LogP contribution in [0.25, 0.3) is 0 Å². The van der Waals surface area contributed by atoms with E-state index < -0.39 is 6.17 Å². The molecule has 8 aliphatic rings. The van der Waals surface area contributed by atoms with Crippen LogP contribution in [0.5, 0.6) is 0 Å². The Kier molecular flexibility index (Phi) is 25.6. The zero-order valence-corrected chi connectivity index (χ0v) is 44.9. The fourth-order valence-electron chi connectivity index (χ4n) is 12.2. The van der Waals surface area contributed by atoms with Crippen LogP contribution in [0.3, 0.4) is 0 Å². The minimum atomic E-state index is -0.721. The summed E-state index contributed by atoms with van der Waals surface area (Å²) in [6.45, 7) is 39.7. The molecule has 2 aliphatic carbocycles. The van der Waals surface area contributed by atoms with Crippen LogP contribution in [0, 0.1) is 11.8 Å². The number of piperidine rings is 6. The van der Waals surface area contributed by atoms with E-state index in [0.29, 0.717) is 91.5 Å². The first-order valence-electron chi connectivity index (χ1n) is 27.1. The quantitative estimate of drug-likeness (QED) is 0.194. The van der Waals surface area contributed by atoms with Gasteiger partial charge in [-0.3, -0.25) is 29.4 Å². The fraction of sp³-hybridized carbons (Fsp3) is 1.00. The van der Waals surface area contributed by atoms with Gasteiger partial charge in [0.1, 0.15) is 6.17 Å². The molecule has 0 amide bonds. The highest BCUT2D eigenvalue weighted by Gasteiger charge is 2.46. The molecule has 0 aromatic heterocycles. The van der Waals surface area contributed by atoms with Gasteiger partial charge < -0.3 is 34.4 Å². The molecule has 0 unspecified atom stereocenters. The van der Waals surface area contributed by atoms with Crippen molar-refractivity contribution in [3.8, 4) is 0 Å². The maximum atomic E-state index is 12.9. The SMILES string of the molecule is CC(C)N1CCC[C@@H](N)C1.CC(C)N1C[C@@H](N)CC[C@H]1C.CC(C)N1C[C@@H]2CC[C@H]1[C@H]2N.CC(C)N1C[C@H](N)CC[C@@H]1C.CC(C)N1C[C@H](N)C[C@@H](F)C1.CC(C)N1C[C@H]2CC[C@@H]1[C@@H]2N. The largest absolute Gasteiger partial charge is 0.327 e. The van der Waals surface area contributed by atoms with Gasteiger partial charge in [-0.2, -0.15) is 0 Å². The van der Waals surface area contributed by atoms with Crippen LogP contribution in [0.1, 0.15) is 168 Å². The van der Waals surface area contributed by atoms with Crippen molar-refractivity contribution in [3.63, 3.8) is 0 Å². The van der Waals surface area contributed by atoms with E-state index in [1.165, 1.54) is 83.8 Å². The molecule has 0 aromatic carbocycles. The predicted octanol–water partition coefficient (Wildman–Crippen LogP) is 5.63. The molecule has 13 atom stereocenters. The normalized spacial score (nSPS) is 37.1. The molecule has 6 aliphatic heterocycles. The Balaban J connectivity index is 0.000000207. The first-order chi connectivity index (χ1) is 30.4. The summed E-state index contributed by atoms with van der Waals surface area (Å²) in [5, 5.41) is 0. The Bertz CT molecular complexity index is 1180. The predicted molar refractivity (Wildman–Crippen MR) is 278 cm³/mol.